The molecule has 0 saturated heterocycles. The van der Waals surface area contributed by atoms with Crippen LogP contribution in [0.15, 0.2) is 64.6 Å². The summed E-state index contributed by atoms with van der Waals surface area (Å²) in [5.41, 5.74) is 4.45. The summed E-state index contributed by atoms with van der Waals surface area (Å²) in [6.45, 7) is 2.88. The Morgan fingerprint density at radius 1 is 0.935 bits per heavy atom. The van der Waals surface area contributed by atoms with Crippen LogP contribution in [0.4, 0.5) is 5.82 Å². The Labute approximate surface area is 181 Å². The summed E-state index contributed by atoms with van der Waals surface area (Å²) in [5, 5.41) is 12.9. The van der Waals surface area contributed by atoms with E-state index in [1.165, 1.54) is 36.8 Å². The van der Waals surface area contributed by atoms with Crippen LogP contribution in [0.1, 0.15) is 37.7 Å². The van der Waals surface area contributed by atoms with Gasteiger partial charge in [0.05, 0.1) is 5.52 Å². The van der Waals surface area contributed by atoms with E-state index in [1.807, 2.05) is 55.5 Å². The largest absolute Gasteiger partial charge is 0.413 e. The second-order valence-corrected chi connectivity index (χ2v) is 7.98. The van der Waals surface area contributed by atoms with Crippen LogP contribution in [0.25, 0.3) is 34.1 Å². The summed E-state index contributed by atoms with van der Waals surface area (Å²) >= 11 is 0. The van der Waals surface area contributed by atoms with Crippen molar-refractivity contribution in [2.45, 2.75) is 39.0 Å². The fourth-order valence-corrected chi connectivity index (χ4v) is 3.91. The van der Waals surface area contributed by atoms with E-state index in [9.17, 15) is 0 Å². The van der Waals surface area contributed by atoms with Crippen molar-refractivity contribution in [2.75, 3.05) is 11.9 Å². The summed E-state index contributed by atoms with van der Waals surface area (Å²) in [4.78, 5) is 9.40. The van der Waals surface area contributed by atoms with Crippen molar-refractivity contribution in [3.63, 3.8) is 0 Å². The summed E-state index contributed by atoms with van der Waals surface area (Å²) < 4.78 is 5.92. The van der Waals surface area contributed by atoms with E-state index in [-0.39, 0.29) is 0 Å². The smallest absolute Gasteiger partial charge is 0.286 e. The number of para-hydroxylation sites is 1. The van der Waals surface area contributed by atoms with Gasteiger partial charge in [0.25, 0.3) is 5.89 Å². The molecule has 4 aromatic rings. The molecule has 0 bridgehead atoms. The zero-order valence-electron chi connectivity index (χ0n) is 17.6. The average Bonchev–Trinajstić information content (AvgIpc) is 3.30. The number of nitrogens with zero attached hydrogens (tertiary/aromatic N) is 4. The van der Waals surface area contributed by atoms with Crippen molar-refractivity contribution in [3.8, 4) is 23.2 Å². The Hall–Kier alpha value is -3.54. The molecule has 0 unspecified atom stereocenters. The summed E-state index contributed by atoms with van der Waals surface area (Å²) in [5.74, 6) is 2.01. The van der Waals surface area contributed by atoms with Gasteiger partial charge in [0.2, 0.25) is 11.7 Å². The zero-order valence-corrected chi connectivity index (χ0v) is 17.6. The predicted octanol–water partition coefficient (Wildman–Crippen LogP) is 5.96. The molecule has 1 aliphatic rings. The van der Waals surface area contributed by atoms with Crippen molar-refractivity contribution >= 4 is 16.7 Å². The summed E-state index contributed by atoms with van der Waals surface area (Å²) in [6.07, 6.45) is 8.45. The lowest BCUT2D eigenvalue weighted by molar-refractivity contribution is 0.579. The van der Waals surface area contributed by atoms with Crippen LogP contribution in [0, 0.1) is 6.92 Å². The minimum Gasteiger partial charge on any atom is -0.413 e. The van der Waals surface area contributed by atoms with Crippen LogP contribution < -0.4 is 5.32 Å². The molecule has 5 rings (SSSR count). The van der Waals surface area contributed by atoms with Gasteiger partial charge in [-0.3, -0.25) is 0 Å². The lowest BCUT2D eigenvalue weighted by Gasteiger charge is -2.14. The number of aromatic nitrogens is 4. The molecule has 2 aromatic heterocycles. The van der Waals surface area contributed by atoms with Crippen LogP contribution >= 0.6 is 0 Å². The van der Waals surface area contributed by atoms with Crippen LogP contribution in [-0.4, -0.2) is 26.7 Å². The maximum atomic E-state index is 5.92. The van der Waals surface area contributed by atoms with E-state index in [4.69, 9.17) is 9.40 Å². The van der Waals surface area contributed by atoms with Gasteiger partial charge in [0.15, 0.2) is 0 Å². The molecule has 0 amide bonds. The van der Waals surface area contributed by atoms with Gasteiger partial charge in [0, 0.05) is 17.5 Å². The van der Waals surface area contributed by atoms with Gasteiger partial charge in [-0.05, 0) is 63.3 Å². The van der Waals surface area contributed by atoms with Crippen molar-refractivity contribution in [1.82, 2.24) is 20.2 Å². The topological polar surface area (TPSA) is 76.7 Å². The second-order valence-electron chi connectivity index (χ2n) is 7.98. The number of benzene rings is 2. The summed E-state index contributed by atoms with van der Waals surface area (Å²) in [6, 6.07) is 16.0. The first-order valence-electron chi connectivity index (χ1n) is 10.9. The van der Waals surface area contributed by atoms with Gasteiger partial charge in [-0.15, -0.1) is 10.2 Å². The van der Waals surface area contributed by atoms with Crippen molar-refractivity contribution < 1.29 is 4.42 Å². The Kier molecular flexibility index (Phi) is 5.44. The Bertz CT molecular complexity index is 1230. The van der Waals surface area contributed by atoms with Crippen LogP contribution in [0.5, 0.6) is 0 Å². The average molecular weight is 412 g/mol. The number of aryl methyl sites for hydroxylation is 1. The fourth-order valence-electron chi connectivity index (χ4n) is 3.91. The molecule has 156 valence electrons. The van der Waals surface area contributed by atoms with Crippen LogP contribution in [0.3, 0.4) is 0 Å². The number of allylic oxidation sites excluding steroid dienone is 1. The first-order valence-corrected chi connectivity index (χ1v) is 10.9. The second kappa shape index (κ2) is 8.68. The molecule has 1 aliphatic carbocycles. The standard InChI is InChI=1S/C25H25N5O/c1-17-11-13-19(14-12-17)24-29-30-25(31-24)23-27-21-10-6-5-9-20(21)22(28-23)26-16-15-18-7-3-2-4-8-18/h5-7,9-14H,2-4,8,15-16H2,1H3,(H,26,27,28). The maximum absolute atomic E-state index is 5.92. The summed E-state index contributed by atoms with van der Waals surface area (Å²) in [7, 11) is 0. The molecule has 0 radical (unpaired) electrons. The minimum atomic E-state index is 0.319. The zero-order chi connectivity index (χ0) is 21.0. The SMILES string of the molecule is Cc1ccc(-c2nnc(-c3nc(NCCC4=CCCCC4)c4ccccc4n3)o2)cc1. The third kappa shape index (κ3) is 4.33. The van der Waals surface area contributed by atoms with Gasteiger partial charge < -0.3 is 9.73 Å². The lowest BCUT2D eigenvalue weighted by Crippen LogP contribution is -2.07. The molecule has 2 aromatic carbocycles. The Morgan fingerprint density at radius 2 is 1.77 bits per heavy atom. The monoisotopic (exact) mass is 411 g/mol. The molecule has 2 heterocycles. The highest BCUT2D eigenvalue weighted by atomic mass is 16.4. The number of rotatable bonds is 6. The quantitative estimate of drug-likeness (QED) is 0.395. The van der Waals surface area contributed by atoms with Crippen LogP contribution in [-0.2, 0) is 0 Å². The number of hydrogen-bond acceptors (Lipinski definition) is 6. The molecule has 31 heavy (non-hydrogen) atoms. The molecule has 0 spiro atoms. The minimum absolute atomic E-state index is 0.319. The van der Waals surface area contributed by atoms with E-state index < -0.39 is 0 Å². The van der Waals surface area contributed by atoms with Crippen molar-refractivity contribution in [2.24, 2.45) is 0 Å². The third-order valence-electron chi connectivity index (χ3n) is 5.64. The molecule has 0 saturated carbocycles. The van der Waals surface area contributed by atoms with E-state index >= 15 is 0 Å². The van der Waals surface area contributed by atoms with Crippen LogP contribution in [0.2, 0.25) is 0 Å². The number of fused-ring (bicyclic) bond motifs is 1. The van der Waals surface area contributed by atoms with Gasteiger partial charge in [-0.1, -0.05) is 41.5 Å². The fraction of sp³-hybridized carbons (Fsp3) is 0.280. The molecule has 6 nitrogen and oxygen atoms in total. The number of hydrogen-bond donors (Lipinski definition) is 1. The van der Waals surface area contributed by atoms with E-state index in [0.29, 0.717) is 17.6 Å². The molecule has 0 atom stereocenters. The molecule has 1 N–H and O–H groups in total. The first-order chi connectivity index (χ1) is 15.3. The predicted molar refractivity (Wildman–Crippen MR) is 123 cm³/mol. The molecule has 6 heteroatoms. The normalized spacial score (nSPS) is 13.9. The lowest BCUT2D eigenvalue weighted by atomic mass is 9.97. The number of nitrogens with one attached hydrogen (secondary N) is 1. The Balaban J connectivity index is 1.43. The van der Waals surface area contributed by atoms with Crippen molar-refractivity contribution in [1.29, 1.82) is 0 Å². The third-order valence-corrected chi connectivity index (χ3v) is 5.64. The molecular formula is C25H25N5O. The van der Waals surface area contributed by atoms with Gasteiger partial charge in [-0.2, -0.15) is 0 Å². The molecule has 0 aliphatic heterocycles. The molecular weight excluding hydrogens is 386 g/mol. The highest BCUT2D eigenvalue weighted by Crippen LogP contribution is 2.27. The van der Waals surface area contributed by atoms with E-state index in [1.54, 1.807) is 0 Å². The van der Waals surface area contributed by atoms with Gasteiger partial charge >= 0.3 is 0 Å². The highest BCUT2D eigenvalue weighted by molar-refractivity contribution is 5.90. The van der Waals surface area contributed by atoms with E-state index in [2.05, 4.69) is 26.6 Å². The maximum Gasteiger partial charge on any atom is 0.286 e. The van der Waals surface area contributed by atoms with E-state index in [0.717, 1.165) is 35.2 Å². The van der Waals surface area contributed by atoms with Gasteiger partial charge in [-0.25, -0.2) is 9.97 Å². The first kappa shape index (κ1) is 19.4. The number of anilines is 1. The molecule has 0 fully saturated rings. The van der Waals surface area contributed by atoms with Crippen molar-refractivity contribution in [3.05, 3.63) is 65.7 Å². The Morgan fingerprint density at radius 3 is 2.61 bits per heavy atom. The highest BCUT2D eigenvalue weighted by Gasteiger charge is 2.16. The van der Waals surface area contributed by atoms with Gasteiger partial charge in [0.1, 0.15) is 5.82 Å².